The lowest BCUT2D eigenvalue weighted by Crippen LogP contribution is -1.82. The molecule has 1 aromatic rings. The largest absolute Gasteiger partial charge is 0.245 e. The fourth-order valence-corrected chi connectivity index (χ4v) is 1.90. The van der Waals surface area contributed by atoms with Crippen molar-refractivity contribution in [3.8, 4) is 0 Å². The Kier molecular flexibility index (Phi) is 4.01. The van der Waals surface area contributed by atoms with Crippen LogP contribution >= 0.6 is 11.3 Å². The molecule has 0 radical (unpaired) electrons. The Labute approximate surface area is 78.2 Å². The topological polar surface area (TPSA) is 12.9 Å². The van der Waals surface area contributed by atoms with Crippen molar-refractivity contribution in [2.45, 2.75) is 33.1 Å². The lowest BCUT2D eigenvalue weighted by Gasteiger charge is -2.00. The van der Waals surface area contributed by atoms with Gasteiger partial charge in [0.25, 0.3) is 0 Å². The molecule has 0 bridgehead atoms. The van der Waals surface area contributed by atoms with Gasteiger partial charge in [-0.25, -0.2) is 4.98 Å². The van der Waals surface area contributed by atoms with Crippen LogP contribution in [-0.4, -0.2) is 4.98 Å². The van der Waals surface area contributed by atoms with Crippen LogP contribution < -0.4 is 0 Å². The van der Waals surface area contributed by atoms with Crippen LogP contribution in [0.15, 0.2) is 17.7 Å². The molecule has 1 heterocycles. The molecule has 0 atom stereocenters. The van der Waals surface area contributed by atoms with Crippen LogP contribution in [0.3, 0.4) is 0 Å². The van der Waals surface area contributed by atoms with E-state index in [1.165, 1.54) is 17.0 Å². The fourth-order valence-electron chi connectivity index (χ4n) is 1.19. The summed E-state index contributed by atoms with van der Waals surface area (Å²) in [5, 5.41) is 3.23. The van der Waals surface area contributed by atoms with Gasteiger partial charge in [-0.2, -0.15) is 0 Å². The molecular formula is C10H15NS. The smallest absolute Gasteiger partial charge is 0.118 e. The van der Waals surface area contributed by atoms with Crippen molar-refractivity contribution in [3.05, 3.63) is 22.7 Å². The highest BCUT2D eigenvalue weighted by molar-refractivity contribution is 7.10. The van der Waals surface area contributed by atoms with Crippen LogP contribution in [0.2, 0.25) is 0 Å². The van der Waals surface area contributed by atoms with E-state index in [-0.39, 0.29) is 0 Å². The van der Waals surface area contributed by atoms with Crippen LogP contribution in [-0.2, 0) is 0 Å². The third kappa shape index (κ3) is 2.45. The van der Waals surface area contributed by atoms with Gasteiger partial charge in [0.15, 0.2) is 0 Å². The third-order valence-electron chi connectivity index (χ3n) is 1.68. The van der Waals surface area contributed by atoms with E-state index in [0.717, 1.165) is 12.8 Å². The van der Waals surface area contributed by atoms with E-state index >= 15 is 0 Å². The number of rotatable bonds is 4. The van der Waals surface area contributed by atoms with Gasteiger partial charge < -0.3 is 0 Å². The maximum atomic E-state index is 4.30. The van der Waals surface area contributed by atoms with E-state index in [0.29, 0.717) is 0 Å². The van der Waals surface area contributed by atoms with E-state index in [4.69, 9.17) is 0 Å². The number of hydrogen-bond donors (Lipinski definition) is 0. The summed E-state index contributed by atoms with van der Waals surface area (Å²) in [4.78, 5) is 4.30. The molecule has 1 rings (SSSR count). The molecule has 0 amide bonds. The first-order chi connectivity index (χ1) is 5.88. The Balaban J connectivity index is 2.73. The average Bonchev–Trinajstić information content (AvgIpc) is 2.56. The molecule has 0 fully saturated rings. The Morgan fingerprint density at radius 3 is 2.92 bits per heavy atom. The molecule has 66 valence electrons. The van der Waals surface area contributed by atoms with Crippen molar-refractivity contribution in [1.82, 2.24) is 4.98 Å². The summed E-state index contributed by atoms with van der Waals surface area (Å²) >= 11 is 1.73. The molecular weight excluding hydrogens is 166 g/mol. The first-order valence-corrected chi connectivity index (χ1v) is 5.35. The molecule has 0 spiro atoms. The zero-order valence-electron chi connectivity index (χ0n) is 7.71. The molecule has 0 N–H and O–H groups in total. The van der Waals surface area contributed by atoms with Crippen molar-refractivity contribution in [2.24, 2.45) is 0 Å². The molecule has 0 aliphatic carbocycles. The van der Waals surface area contributed by atoms with Gasteiger partial charge in [0, 0.05) is 11.6 Å². The Hall–Kier alpha value is -0.630. The van der Waals surface area contributed by atoms with Gasteiger partial charge in [0.1, 0.15) is 5.01 Å². The zero-order valence-corrected chi connectivity index (χ0v) is 8.53. The summed E-state index contributed by atoms with van der Waals surface area (Å²) in [6.45, 7) is 4.38. The highest BCUT2D eigenvalue weighted by Crippen LogP contribution is 2.22. The lowest BCUT2D eigenvalue weighted by atomic mass is 10.1. The SMILES string of the molecule is CC/C=C(\CCC)c1nccs1. The standard InChI is InChI=1S/C10H15NS/c1-3-5-9(6-4-2)10-11-7-8-12-10/h5,7-8H,3-4,6H2,1-2H3/b9-5+. The third-order valence-corrected chi connectivity index (χ3v) is 2.53. The predicted octanol–water partition coefficient (Wildman–Crippen LogP) is 3.74. The number of thiazole rings is 1. The Morgan fingerprint density at radius 2 is 2.42 bits per heavy atom. The lowest BCUT2D eigenvalue weighted by molar-refractivity contribution is 0.965. The summed E-state index contributed by atoms with van der Waals surface area (Å²) in [7, 11) is 0. The van der Waals surface area contributed by atoms with Gasteiger partial charge in [0.05, 0.1) is 0 Å². The molecule has 0 aliphatic rings. The van der Waals surface area contributed by atoms with Gasteiger partial charge in [-0.3, -0.25) is 0 Å². The van der Waals surface area contributed by atoms with Crippen LogP contribution in [0.4, 0.5) is 0 Å². The van der Waals surface area contributed by atoms with Crippen molar-refractivity contribution in [1.29, 1.82) is 0 Å². The molecule has 0 saturated heterocycles. The molecule has 2 heteroatoms. The normalized spacial score (nSPS) is 12.0. The van der Waals surface area contributed by atoms with Crippen LogP contribution in [0.5, 0.6) is 0 Å². The van der Waals surface area contributed by atoms with Gasteiger partial charge in [-0.15, -0.1) is 11.3 Å². The molecule has 0 aliphatic heterocycles. The number of hydrogen-bond acceptors (Lipinski definition) is 2. The molecule has 0 aromatic carbocycles. The fraction of sp³-hybridized carbons (Fsp3) is 0.500. The summed E-state index contributed by atoms with van der Waals surface area (Å²) in [5.41, 5.74) is 1.41. The van der Waals surface area contributed by atoms with Crippen molar-refractivity contribution in [2.75, 3.05) is 0 Å². The molecule has 1 nitrogen and oxygen atoms in total. The highest BCUT2D eigenvalue weighted by atomic mass is 32.1. The van der Waals surface area contributed by atoms with Gasteiger partial charge >= 0.3 is 0 Å². The summed E-state index contributed by atoms with van der Waals surface area (Å²) < 4.78 is 0. The van der Waals surface area contributed by atoms with Crippen molar-refractivity contribution in [3.63, 3.8) is 0 Å². The van der Waals surface area contributed by atoms with Crippen LogP contribution in [0.25, 0.3) is 5.57 Å². The highest BCUT2D eigenvalue weighted by Gasteiger charge is 2.01. The number of allylic oxidation sites excluding steroid dienone is 2. The second-order valence-electron chi connectivity index (χ2n) is 2.72. The van der Waals surface area contributed by atoms with Gasteiger partial charge in [-0.05, 0) is 18.4 Å². The van der Waals surface area contributed by atoms with E-state index in [2.05, 4.69) is 24.9 Å². The van der Waals surface area contributed by atoms with Crippen LogP contribution in [0, 0.1) is 0 Å². The second kappa shape index (κ2) is 5.09. The minimum atomic E-state index is 1.11. The second-order valence-corrected chi connectivity index (χ2v) is 3.62. The van der Waals surface area contributed by atoms with E-state index in [1.54, 1.807) is 11.3 Å². The Morgan fingerprint density at radius 1 is 1.58 bits per heavy atom. The minimum absolute atomic E-state index is 1.11. The molecule has 1 aromatic heterocycles. The van der Waals surface area contributed by atoms with Crippen molar-refractivity contribution < 1.29 is 0 Å². The maximum absolute atomic E-state index is 4.30. The summed E-state index contributed by atoms with van der Waals surface area (Å²) in [6.07, 6.45) is 7.61. The van der Waals surface area contributed by atoms with E-state index in [9.17, 15) is 0 Å². The summed E-state index contributed by atoms with van der Waals surface area (Å²) in [5.74, 6) is 0. The quantitative estimate of drug-likeness (QED) is 0.689. The first kappa shape index (κ1) is 9.46. The number of aromatic nitrogens is 1. The van der Waals surface area contributed by atoms with Gasteiger partial charge in [0.2, 0.25) is 0 Å². The predicted molar refractivity (Wildman–Crippen MR) is 55.3 cm³/mol. The molecule has 12 heavy (non-hydrogen) atoms. The monoisotopic (exact) mass is 181 g/mol. The summed E-state index contributed by atoms with van der Waals surface area (Å²) in [6, 6.07) is 0. The first-order valence-electron chi connectivity index (χ1n) is 4.47. The average molecular weight is 181 g/mol. The minimum Gasteiger partial charge on any atom is -0.245 e. The van der Waals surface area contributed by atoms with E-state index < -0.39 is 0 Å². The van der Waals surface area contributed by atoms with E-state index in [1.807, 2.05) is 11.6 Å². The maximum Gasteiger partial charge on any atom is 0.118 e. The Bertz CT molecular complexity index is 236. The van der Waals surface area contributed by atoms with Crippen molar-refractivity contribution >= 4 is 16.9 Å². The molecule has 0 saturated carbocycles. The molecule has 0 unspecified atom stereocenters. The zero-order chi connectivity index (χ0) is 8.81. The van der Waals surface area contributed by atoms with Gasteiger partial charge in [-0.1, -0.05) is 26.3 Å². The van der Waals surface area contributed by atoms with Crippen LogP contribution in [0.1, 0.15) is 38.1 Å². The number of nitrogens with zero attached hydrogens (tertiary/aromatic N) is 1.